The highest BCUT2D eigenvalue weighted by atomic mass is 32.1. The second-order valence-corrected chi connectivity index (χ2v) is 15.6. The number of fused-ring (bicyclic) bond motifs is 3. The Balaban J connectivity index is 1.02. The molecule has 3 aliphatic heterocycles. The van der Waals surface area contributed by atoms with E-state index in [1.54, 1.807) is 65.2 Å². The van der Waals surface area contributed by atoms with Crippen LogP contribution >= 0.6 is 11.3 Å². The zero-order chi connectivity index (χ0) is 41.6. The molecule has 4 aromatic rings. The molecule has 3 aliphatic rings. The van der Waals surface area contributed by atoms with Gasteiger partial charge in [-0.15, -0.1) is 11.3 Å². The summed E-state index contributed by atoms with van der Waals surface area (Å²) in [6.07, 6.45) is 6.05. The minimum Gasteiger partial charge on any atom is -0.493 e. The van der Waals surface area contributed by atoms with Crippen LogP contribution in [0.2, 0.25) is 0 Å². The van der Waals surface area contributed by atoms with Crippen molar-refractivity contribution in [3.8, 4) is 11.5 Å². The lowest BCUT2D eigenvalue weighted by Crippen LogP contribution is -2.57. The number of piperidine rings is 1. The highest BCUT2D eigenvalue weighted by Gasteiger charge is 2.47. The van der Waals surface area contributed by atoms with Crippen molar-refractivity contribution in [1.82, 2.24) is 9.47 Å². The molecule has 312 valence electrons. The Hall–Kier alpha value is -5.91. The van der Waals surface area contributed by atoms with Gasteiger partial charge in [-0.1, -0.05) is 12.7 Å². The third-order valence-electron chi connectivity index (χ3n) is 10.4. The first-order valence-corrected chi connectivity index (χ1v) is 20.4. The summed E-state index contributed by atoms with van der Waals surface area (Å²) in [5.74, 6) is -1.45. The molecular formula is C42H47N5O11S. The van der Waals surface area contributed by atoms with Crippen molar-refractivity contribution < 1.29 is 52.8 Å². The minimum atomic E-state index is -1.01. The van der Waals surface area contributed by atoms with Crippen molar-refractivity contribution in [2.24, 2.45) is 7.05 Å². The van der Waals surface area contributed by atoms with Crippen LogP contribution in [0.15, 0.2) is 61.3 Å². The highest BCUT2D eigenvalue weighted by molar-refractivity contribution is 7.20. The van der Waals surface area contributed by atoms with Gasteiger partial charge < -0.3 is 48.9 Å². The van der Waals surface area contributed by atoms with Crippen molar-refractivity contribution in [3.63, 3.8) is 0 Å². The molecule has 2 unspecified atom stereocenters. The van der Waals surface area contributed by atoms with Gasteiger partial charge in [-0.25, -0.2) is 14.5 Å². The van der Waals surface area contributed by atoms with Crippen LogP contribution < -0.4 is 25.0 Å². The van der Waals surface area contributed by atoms with Gasteiger partial charge in [-0.2, -0.15) is 0 Å². The third-order valence-corrected chi connectivity index (χ3v) is 11.5. The topological polar surface area (TPSA) is 187 Å². The SMILES string of the molecule is C=CCOC(=O)N1c2cc(OCCCC(=O)Nc3cc(C(=O)Nc4ccc5sc(C(=O)O)cc5c4)n(C)c3)c(OC)cc2C(=O)N2CCCC[C@H]2C1OC1CCCCO1. The van der Waals surface area contributed by atoms with Gasteiger partial charge in [0.15, 0.2) is 24.0 Å². The number of ether oxygens (including phenoxy) is 5. The van der Waals surface area contributed by atoms with Gasteiger partial charge >= 0.3 is 12.1 Å². The maximum Gasteiger partial charge on any atom is 0.416 e. The van der Waals surface area contributed by atoms with Crippen LogP contribution in [0.5, 0.6) is 11.5 Å². The Bertz CT molecular complexity index is 2250. The largest absolute Gasteiger partial charge is 0.493 e. The maximum absolute atomic E-state index is 14.2. The fraction of sp³-hybridized carbons (Fsp3) is 0.405. The summed E-state index contributed by atoms with van der Waals surface area (Å²) < 4.78 is 32.3. The van der Waals surface area contributed by atoms with Gasteiger partial charge in [-0.05, 0) is 86.7 Å². The standard InChI is InChI=1S/C42H47N5O11S/c1-4-16-57-42(53)47-30-23-33(32(54-3)22-28(30)39(50)46-15-7-5-10-29(46)40(47)58-37-12-6-8-17-56-37)55-18-9-11-36(48)43-27-21-31(45(2)24-27)38(49)44-26-13-14-34-25(19-26)20-35(59-34)41(51)52/h4,13-14,19-24,29,37,40H,1,5-12,15-18H2,2-3H3,(H,43,48)(H,44,49)(H,51,52)/t29-,37?,40?/m0/s1. The monoisotopic (exact) mass is 829 g/mol. The van der Waals surface area contributed by atoms with Crippen LogP contribution in [0.25, 0.3) is 10.1 Å². The molecule has 59 heavy (non-hydrogen) atoms. The molecule has 7 rings (SSSR count). The number of carbonyl (C=O) groups excluding carboxylic acids is 4. The average molecular weight is 830 g/mol. The minimum absolute atomic E-state index is 0.0521. The van der Waals surface area contributed by atoms with Crippen molar-refractivity contribution in [2.75, 3.05) is 49.0 Å². The number of nitrogens with zero attached hydrogens (tertiary/aromatic N) is 3. The van der Waals surface area contributed by atoms with E-state index in [0.29, 0.717) is 54.9 Å². The van der Waals surface area contributed by atoms with Crippen LogP contribution in [-0.2, 0) is 26.1 Å². The normalized spacial score (nSPS) is 18.9. The lowest BCUT2D eigenvalue weighted by atomic mass is 10.00. The van der Waals surface area contributed by atoms with E-state index in [2.05, 4.69) is 17.2 Å². The second-order valence-electron chi connectivity index (χ2n) is 14.5. The summed E-state index contributed by atoms with van der Waals surface area (Å²) in [7, 11) is 3.15. The van der Waals surface area contributed by atoms with Crippen LogP contribution in [0.1, 0.15) is 81.9 Å². The number of benzene rings is 2. The molecular weight excluding hydrogens is 783 g/mol. The van der Waals surface area contributed by atoms with E-state index in [9.17, 15) is 29.1 Å². The number of amides is 4. The van der Waals surface area contributed by atoms with Crippen LogP contribution in [-0.4, -0.2) is 96.4 Å². The van der Waals surface area contributed by atoms with Crippen molar-refractivity contribution in [1.29, 1.82) is 0 Å². The van der Waals surface area contributed by atoms with E-state index in [-0.39, 0.29) is 59.1 Å². The Morgan fingerprint density at radius 1 is 1.02 bits per heavy atom. The second kappa shape index (κ2) is 18.3. The molecule has 2 saturated heterocycles. The lowest BCUT2D eigenvalue weighted by molar-refractivity contribution is -0.198. The number of rotatable bonds is 14. The van der Waals surface area contributed by atoms with E-state index >= 15 is 0 Å². The summed E-state index contributed by atoms with van der Waals surface area (Å²) in [5, 5.41) is 15.7. The summed E-state index contributed by atoms with van der Waals surface area (Å²) in [6, 6.07) is 11.0. The van der Waals surface area contributed by atoms with Gasteiger partial charge in [0.2, 0.25) is 5.91 Å². The highest BCUT2D eigenvalue weighted by Crippen LogP contribution is 2.42. The van der Waals surface area contributed by atoms with Gasteiger partial charge in [0.05, 0.1) is 36.7 Å². The predicted octanol–water partition coefficient (Wildman–Crippen LogP) is 7.00. The van der Waals surface area contributed by atoms with E-state index < -0.39 is 36.5 Å². The molecule has 0 saturated carbocycles. The van der Waals surface area contributed by atoms with Gasteiger partial charge in [0, 0.05) is 49.3 Å². The van der Waals surface area contributed by atoms with E-state index in [1.165, 1.54) is 18.1 Å². The third kappa shape index (κ3) is 9.22. The Kier molecular flexibility index (Phi) is 12.8. The zero-order valence-electron chi connectivity index (χ0n) is 32.9. The molecule has 0 aliphatic carbocycles. The molecule has 0 radical (unpaired) electrons. The van der Waals surface area contributed by atoms with E-state index in [1.807, 2.05) is 0 Å². The molecule has 16 nitrogen and oxygen atoms in total. The number of anilines is 3. The van der Waals surface area contributed by atoms with Crippen molar-refractivity contribution in [3.05, 3.63) is 77.5 Å². The van der Waals surface area contributed by atoms with Crippen molar-refractivity contribution in [2.45, 2.75) is 69.9 Å². The van der Waals surface area contributed by atoms with Crippen LogP contribution in [0.4, 0.5) is 21.9 Å². The smallest absolute Gasteiger partial charge is 0.416 e. The first-order valence-electron chi connectivity index (χ1n) is 19.6. The van der Waals surface area contributed by atoms with Crippen LogP contribution in [0.3, 0.4) is 0 Å². The first-order chi connectivity index (χ1) is 28.5. The van der Waals surface area contributed by atoms with Crippen LogP contribution in [0, 0.1) is 0 Å². The average Bonchev–Trinajstić information content (AvgIpc) is 3.82. The van der Waals surface area contributed by atoms with E-state index in [0.717, 1.165) is 41.7 Å². The molecule has 2 fully saturated rings. The Morgan fingerprint density at radius 2 is 1.85 bits per heavy atom. The summed E-state index contributed by atoms with van der Waals surface area (Å²) in [6.45, 7) is 4.75. The molecule has 4 amide bonds. The molecule has 3 atom stereocenters. The number of thiophene rings is 1. The molecule has 0 spiro atoms. The van der Waals surface area contributed by atoms with E-state index in [4.69, 9.17) is 23.7 Å². The molecule has 3 N–H and O–H groups in total. The summed E-state index contributed by atoms with van der Waals surface area (Å²) in [5.41, 5.74) is 1.71. The van der Waals surface area contributed by atoms with Gasteiger partial charge in [-0.3, -0.25) is 14.4 Å². The van der Waals surface area contributed by atoms with Gasteiger partial charge in [0.25, 0.3) is 11.8 Å². The fourth-order valence-corrected chi connectivity index (χ4v) is 8.49. The molecule has 17 heteroatoms. The number of carbonyl (C=O) groups is 5. The van der Waals surface area contributed by atoms with Gasteiger partial charge in [0.1, 0.15) is 17.2 Å². The Labute approximate surface area is 344 Å². The Morgan fingerprint density at radius 3 is 2.61 bits per heavy atom. The lowest BCUT2D eigenvalue weighted by Gasteiger charge is -2.42. The molecule has 5 heterocycles. The number of methoxy groups -OCH3 is 1. The van der Waals surface area contributed by atoms with Crippen molar-refractivity contribution >= 4 is 68.3 Å². The molecule has 2 aromatic carbocycles. The number of aromatic nitrogens is 1. The maximum atomic E-state index is 14.2. The number of carboxylic acid groups (broad SMARTS) is 1. The number of nitrogens with one attached hydrogen (secondary N) is 2. The summed E-state index contributed by atoms with van der Waals surface area (Å²) >= 11 is 1.15. The fourth-order valence-electron chi connectivity index (χ4n) is 7.61. The number of aromatic carboxylic acids is 1. The number of hydrogen-bond acceptors (Lipinski definition) is 11. The predicted molar refractivity (Wildman–Crippen MR) is 220 cm³/mol. The molecule has 2 aromatic heterocycles. The number of carboxylic acids is 1. The first kappa shape index (κ1) is 41.3. The zero-order valence-corrected chi connectivity index (χ0v) is 33.7. The quantitative estimate of drug-likeness (QED) is 0.0877. The molecule has 0 bridgehead atoms. The number of hydrogen-bond donors (Lipinski definition) is 3. The summed E-state index contributed by atoms with van der Waals surface area (Å²) in [4.78, 5) is 69.0. The number of aryl methyl sites for hydroxylation is 1.